The molecule has 1 unspecified atom stereocenters. The predicted octanol–water partition coefficient (Wildman–Crippen LogP) is 2.09. The molecule has 0 bridgehead atoms. The van der Waals surface area contributed by atoms with Crippen LogP contribution in [0.15, 0.2) is 12.3 Å². The monoisotopic (exact) mass is 208 g/mol. The molecular weight excluding hydrogens is 184 g/mol. The molecule has 1 N–H and O–H groups in total. The van der Waals surface area contributed by atoms with E-state index in [2.05, 4.69) is 31.7 Å². The summed E-state index contributed by atoms with van der Waals surface area (Å²) < 4.78 is 0. The van der Waals surface area contributed by atoms with E-state index in [4.69, 9.17) is 6.42 Å². The van der Waals surface area contributed by atoms with Gasteiger partial charge >= 0.3 is 0 Å². The first-order chi connectivity index (χ1) is 7.02. The van der Waals surface area contributed by atoms with Crippen LogP contribution in [0.2, 0.25) is 0 Å². The molecule has 86 valence electrons. The van der Waals surface area contributed by atoms with Gasteiger partial charge in [-0.05, 0) is 25.8 Å². The van der Waals surface area contributed by atoms with Gasteiger partial charge in [0.2, 0.25) is 0 Å². The summed E-state index contributed by atoms with van der Waals surface area (Å²) in [5.74, 6) is 3.28. The highest BCUT2D eigenvalue weighted by Gasteiger charge is 2.11. The number of allylic oxidation sites excluding steroid dienone is 1. The first-order valence-electron chi connectivity index (χ1n) is 5.52. The van der Waals surface area contributed by atoms with Gasteiger partial charge in [0.1, 0.15) is 0 Å². The zero-order valence-corrected chi connectivity index (χ0v) is 10.5. The minimum Gasteiger partial charge on any atom is -0.367 e. The van der Waals surface area contributed by atoms with Gasteiger partial charge in [-0.15, -0.1) is 6.42 Å². The lowest BCUT2D eigenvalue weighted by atomic mass is 9.98. The summed E-state index contributed by atoms with van der Waals surface area (Å²) >= 11 is 0. The van der Waals surface area contributed by atoms with Gasteiger partial charge in [0.15, 0.2) is 0 Å². The maximum atomic E-state index is 5.25. The van der Waals surface area contributed by atoms with E-state index >= 15 is 0 Å². The Morgan fingerprint density at radius 2 is 2.13 bits per heavy atom. The molecule has 0 saturated carbocycles. The summed E-state index contributed by atoms with van der Waals surface area (Å²) in [5, 5.41) is 3.33. The lowest BCUT2D eigenvalue weighted by Gasteiger charge is -2.24. The SMILES string of the molecule is C#CCN(C)C(=C)CCC(NC)C(C)C. The standard InChI is InChI=1S/C13H24N2/c1-7-10-15(6)12(4)8-9-13(14-5)11(2)3/h1,11,13-14H,4,8-10H2,2-3,5-6H3. The summed E-state index contributed by atoms with van der Waals surface area (Å²) in [4.78, 5) is 2.03. The van der Waals surface area contributed by atoms with Crippen LogP contribution in [0.3, 0.4) is 0 Å². The largest absolute Gasteiger partial charge is 0.367 e. The average molecular weight is 208 g/mol. The molecule has 0 aliphatic rings. The normalized spacial score (nSPS) is 12.3. The molecule has 0 rings (SSSR count). The van der Waals surface area contributed by atoms with E-state index in [0.717, 1.165) is 18.5 Å². The van der Waals surface area contributed by atoms with E-state index < -0.39 is 0 Å². The highest BCUT2D eigenvalue weighted by atomic mass is 15.1. The molecule has 0 aliphatic heterocycles. The number of terminal acetylenes is 1. The first kappa shape index (κ1) is 14.1. The molecule has 2 nitrogen and oxygen atoms in total. The molecule has 15 heavy (non-hydrogen) atoms. The van der Waals surface area contributed by atoms with Crippen molar-refractivity contribution in [2.75, 3.05) is 20.6 Å². The number of hydrogen-bond acceptors (Lipinski definition) is 2. The van der Waals surface area contributed by atoms with Crippen LogP contribution >= 0.6 is 0 Å². The Balaban J connectivity index is 3.94. The third-order valence-electron chi connectivity index (χ3n) is 2.79. The van der Waals surface area contributed by atoms with Crippen molar-refractivity contribution in [3.8, 4) is 12.3 Å². The quantitative estimate of drug-likeness (QED) is 0.645. The third kappa shape index (κ3) is 5.49. The Kier molecular flexibility index (Phi) is 6.90. The molecule has 0 fully saturated rings. The van der Waals surface area contributed by atoms with E-state index in [9.17, 15) is 0 Å². The third-order valence-corrected chi connectivity index (χ3v) is 2.79. The van der Waals surface area contributed by atoms with Crippen molar-refractivity contribution in [1.29, 1.82) is 0 Å². The predicted molar refractivity (Wildman–Crippen MR) is 67.5 cm³/mol. The van der Waals surface area contributed by atoms with Crippen LogP contribution in [0, 0.1) is 18.3 Å². The van der Waals surface area contributed by atoms with Crippen LogP contribution in [0.4, 0.5) is 0 Å². The van der Waals surface area contributed by atoms with Crippen LogP contribution in [0.1, 0.15) is 26.7 Å². The van der Waals surface area contributed by atoms with Crippen molar-refractivity contribution in [2.45, 2.75) is 32.7 Å². The fraction of sp³-hybridized carbons (Fsp3) is 0.692. The molecule has 0 aromatic heterocycles. The van der Waals surface area contributed by atoms with Crippen molar-refractivity contribution in [3.63, 3.8) is 0 Å². The Morgan fingerprint density at radius 3 is 2.53 bits per heavy atom. The van der Waals surface area contributed by atoms with Gasteiger partial charge in [-0.1, -0.05) is 26.3 Å². The summed E-state index contributed by atoms with van der Waals surface area (Å²) in [5.41, 5.74) is 1.12. The van der Waals surface area contributed by atoms with Gasteiger partial charge in [-0.25, -0.2) is 0 Å². The van der Waals surface area contributed by atoms with Crippen molar-refractivity contribution >= 4 is 0 Å². The number of rotatable bonds is 7. The Morgan fingerprint density at radius 1 is 1.53 bits per heavy atom. The van der Waals surface area contributed by atoms with E-state index in [1.165, 1.54) is 0 Å². The Hall–Kier alpha value is -0.940. The Labute approximate surface area is 94.7 Å². The first-order valence-corrected chi connectivity index (χ1v) is 5.52. The molecule has 0 heterocycles. The van der Waals surface area contributed by atoms with Crippen LogP contribution in [-0.2, 0) is 0 Å². The summed E-state index contributed by atoms with van der Waals surface area (Å²) in [6.07, 6.45) is 7.37. The molecular formula is C13H24N2. The van der Waals surface area contributed by atoms with Crippen molar-refractivity contribution in [3.05, 3.63) is 12.3 Å². The fourth-order valence-corrected chi connectivity index (χ4v) is 1.57. The average Bonchev–Trinajstić information content (AvgIpc) is 2.18. The lowest BCUT2D eigenvalue weighted by Crippen LogP contribution is -2.31. The molecule has 0 saturated heterocycles. The van der Waals surface area contributed by atoms with Gasteiger partial charge in [0.05, 0.1) is 6.54 Å². The second kappa shape index (κ2) is 7.36. The second-order valence-corrected chi connectivity index (χ2v) is 4.30. The molecule has 0 aliphatic carbocycles. The molecule has 0 aromatic carbocycles. The van der Waals surface area contributed by atoms with Crippen molar-refractivity contribution in [2.24, 2.45) is 5.92 Å². The van der Waals surface area contributed by atoms with Gasteiger partial charge in [0.25, 0.3) is 0 Å². The van der Waals surface area contributed by atoms with E-state index in [-0.39, 0.29) is 0 Å². The summed E-state index contributed by atoms with van der Waals surface area (Å²) in [6, 6.07) is 0.556. The molecule has 0 radical (unpaired) electrons. The van der Waals surface area contributed by atoms with Crippen molar-refractivity contribution in [1.82, 2.24) is 10.2 Å². The minimum atomic E-state index is 0.556. The van der Waals surface area contributed by atoms with Crippen LogP contribution in [-0.4, -0.2) is 31.6 Å². The molecule has 0 aromatic rings. The molecule has 1 atom stereocenters. The van der Waals surface area contributed by atoms with Crippen LogP contribution < -0.4 is 5.32 Å². The van der Waals surface area contributed by atoms with E-state index in [1.807, 2.05) is 19.0 Å². The van der Waals surface area contributed by atoms with Crippen LogP contribution in [0.5, 0.6) is 0 Å². The lowest BCUT2D eigenvalue weighted by molar-refractivity contribution is 0.376. The smallest absolute Gasteiger partial charge is 0.0785 e. The van der Waals surface area contributed by atoms with Crippen LogP contribution in [0.25, 0.3) is 0 Å². The molecule has 0 amide bonds. The van der Waals surface area contributed by atoms with Gasteiger partial charge < -0.3 is 10.2 Å². The number of hydrogen-bond donors (Lipinski definition) is 1. The molecule has 2 heteroatoms. The minimum absolute atomic E-state index is 0.556. The zero-order chi connectivity index (χ0) is 11.8. The topological polar surface area (TPSA) is 15.3 Å². The summed E-state index contributed by atoms with van der Waals surface area (Å²) in [6.45, 7) is 9.15. The van der Waals surface area contributed by atoms with E-state index in [1.54, 1.807) is 0 Å². The van der Waals surface area contributed by atoms with Gasteiger partial charge in [0, 0.05) is 18.8 Å². The highest BCUT2D eigenvalue weighted by molar-refractivity contribution is 4.99. The number of nitrogens with one attached hydrogen (secondary N) is 1. The summed E-state index contributed by atoms with van der Waals surface area (Å²) in [7, 11) is 4.00. The van der Waals surface area contributed by atoms with Gasteiger partial charge in [-0.3, -0.25) is 0 Å². The maximum Gasteiger partial charge on any atom is 0.0785 e. The highest BCUT2D eigenvalue weighted by Crippen LogP contribution is 2.13. The zero-order valence-electron chi connectivity index (χ0n) is 10.5. The maximum absolute atomic E-state index is 5.25. The van der Waals surface area contributed by atoms with E-state index in [0.29, 0.717) is 18.5 Å². The van der Waals surface area contributed by atoms with Crippen molar-refractivity contribution < 1.29 is 0 Å². The Bertz CT molecular complexity index is 225. The fourth-order valence-electron chi connectivity index (χ4n) is 1.57. The second-order valence-electron chi connectivity index (χ2n) is 4.30. The molecule has 0 spiro atoms. The van der Waals surface area contributed by atoms with Gasteiger partial charge in [-0.2, -0.15) is 0 Å². The number of nitrogens with zero attached hydrogens (tertiary/aromatic N) is 1.